The number of rotatable bonds is 3. The molecule has 0 saturated carbocycles. The largest absolute Gasteiger partial charge is 0.480 e. The number of piperazine rings is 1. The normalized spacial score (nSPS) is 20.3. The van der Waals surface area contributed by atoms with Gasteiger partial charge in [-0.05, 0) is 6.92 Å². The molecule has 1 fully saturated rings. The van der Waals surface area contributed by atoms with Crippen molar-refractivity contribution in [1.29, 1.82) is 0 Å². The maximum absolute atomic E-state index is 5.38. The molecule has 76 valence electrons. The van der Waals surface area contributed by atoms with Gasteiger partial charge in [0.2, 0.25) is 0 Å². The Labute approximate surface area is 80.0 Å². The Balaban J connectivity index is 2.27. The first-order valence-corrected chi connectivity index (χ1v) is 4.88. The summed E-state index contributed by atoms with van der Waals surface area (Å²) in [7, 11) is 1.78. The minimum atomic E-state index is 0.707. The smallest absolute Gasteiger partial charge is 0.197 e. The molecule has 0 atom stereocenters. The average molecular weight is 185 g/mol. The molecule has 0 aliphatic carbocycles. The second kappa shape index (κ2) is 5.94. The Morgan fingerprint density at radius 1 is 1.46 bits per heavy atom. The lowest BCUT2D eigenvalue weighted by molar-refractivity contribution is 0.239. The zero-order valence-corrected chi connectivity index (χ0v) is 8.55. The van der Waals surface area contributed by atoms with E-state index >= 15 is 0 Å². The maximum Gasteiger partial charge on any atom is 0.197 e. The van der Waals surface area contributed by atoms with Crippen LogP contribution in [0.15, 0.2) is 4.99 Å². The molecule has 0 radical (unpaired) electrons. The summed E-state index contributed by atoms with van der Waals surface area (Å²) in [6.07, 6.45) is 0. The lowest BCUT2D eigenvalue weighted by Gasteiger charge is -2.27. The quantitative estimate of drug-likeness (QED) is 0.495. The average Bonchev–Trinajstić information content (AvgIpc) is 2.19. The van der Waals surface area contributed by atoms with Gasteiger partial charge in [0.1, 0.15) is 0 Å². The van der Waals surface area contributed by atoms with Crippen molar-refractivity contribution in [3.05, 3.63) is 0 Å². The van der Waals surface area contributed by atoms with Gasteiger partial charge in [0.05, 0.1) is 13.2 Å². The Kier molecular flexibility index (Phi) is 4.78. The standard InChI is InChI=1S/C9H19N3O/c1-3-13-9(10-2)8-12-6-4-11-5-7-12/h11H,3-8H2,1-2H3. The Bertz CT molecular complexity index is 164. The summed E-state index contributed by atoms with van der Waals surface area (Å²) >= 11 is 0. The Morgan fingerprint density at radius 2 is 2.15 bits per heavy atom. The van der Waals surface area contributed by atoms with E-state index in [1.807, 2.05) is 6.92 Å². The Morgan fingerprint density at radius 3 is 2.69 bits per heavy atom. The predicted molar refractivity (Wildman–Crippen MR) is 54.3 cm³/mol. The zero-order chi connectivity index (χ0) is 9.52. The third-order valence-corrected chi connectivity index (χ3v) is 2.13. The first kappa shape index (κ1) is 10.5. The molecule has 13 heavy (non-hydrogen) atoms. The molecule has 0 spiro atoms. The highest BCUT2D eigenvalue weighted by atomic mass is 16.5. The van der Waals surface area contributed by atoms with Crippen molar-refractivity contribution in [2.75, 3.05) is 46.4 Å². The topological polar surface area (TPSA) is 36.9 Å². The highest BCUT2D eigenvalue weighted by Gasteiger charge is 2.11. The van der Waals surface area contributed by atoms with Gasteiger partial charge in [0.15, 0.2) is 5.90 Å². The van der Waals surface area contributed by atoms with Gasteiger partial charge >= 0.3 is 0 Å². The highest BCUT2D eigenvalue weighted by Crippen LogP contribution is 1.94. The lowest BCUT2D eigenvalue weighted by Crippen LogP contribution is -2.45. The van der Waals surface area contributed by atoms with Gasteiger partial charge in [-0.15, -0.1) is 0 Å². The first-order chi connectivity index (χ1) is 6.36. The van der Waals surface area contributed by atoms with Crippen LogP contribution in [0.1, 0.15) is 6.92 Å². The molecule has 0 amide bonds. The van der Waals surface area contributed by atoms with Crippen LogP contribution in [-0.2, 0) is 4.74 Å². The summed E-state index contributed by atoms with van der Waals surface area (Å²) < 4.78 is 5.38. The zero-order valence-electron chi connectivity index (χ0n) is 8.55. The fourth-order valence-electron chi connectivity index (χ4n) is 1.41. The van der Waals surface area contributed by atoms with Crippen molar-refractivity contribution in [3.63, 3.8) is 0 Å². The SMILES string of the molecule is CCOC(CN1CCNCC1)=NC. The van der Waals surface area contributed by atoms with Crippen molar-refractivity contribution < 1.29 is 4.74 Å². The van der Waals surface area contributed by atoms with Crippen molar-refractivity contribution in [2.45, 2.75) is 6.92 Å². The molecule has 0 aromatic carbocycles. The third-order valence-electron chi connectivity index (χ3n) is 2.13. The second-order valence-corrected chi connectivity index (χ2v) is 3.08. The van der Waals surface area contributed by atoms with Gasteiger partial charge in [-0.1, -0.05) is 0 Å². The molecular weight excluding hydrogens is 166 g/mol. The van der Waals surface area contributed by atoms with E-state index in [0.29, 0.717) is 6.61 Å². The van der Waals surface area contributed by atoms with Crippen molar-refractivity contribution in [3.8, 4) is 0 Å². The molecule has 1 aliphatic rings. The molecule has 4 heteroatoms. The van der Waals surface area contributed by atoms with E-state index in [0.717, 1.165) is 38.6 Å². The molecule has 4 nitrogen and oxygen atoms in total. The van der Waals surface area contributed by atoms with Crippen LogP contribution < -0.4 is 5.32 Å². The molecule has 0 unspecified atom stereocenters. The summed E-state index contributed by atoms with van der Waals surface area (Å²) in [5.74, 6) is 0.851. The molecule has 0 aromatic heterocycles. The van der Waals surface area contributed by atoms with Crippen LogP contribution in [-0.4, -0.2) is 57.2 Å². The number of aliphatic imine (C=N–C) groups is 1. The fraction of sp³-hybridized carbons (Fsp3) is 0.889. The monoisotopic (exact) mass is 185 g/mol. The van der Waals surface area contributed by atoms with Crippen LogP contribution >= 0.6 is 0 Å². The molecule has 1 heterocycles. The Hall–Kier alpha value is -0.610. The minimum Gasteiger partial charge on any atom is -0.480 e. The van der Waals surface area contributed by atoms with Crippen molar-refractivity contribution in [2.24, 2.45) is 4.99 Å². The molecule has 1 rings (SSSR count). The van der Waals surface area contributed by atoms with Crippen LogP contribution in [0.4, 0.5) is 0 Å². The van der Waals surface area contributed by atoms with Crippen LogP contribution in [0.5, 0.6) is 0 Å². The van der Waals surface area contributed by atoms with Gasteiger partial charge in [-0.2, -0.15) is 0 Å². The van der Waals surface area contributed by atoms with Crippen molar-refractivity contribution in [1.82, 2.24) is 10.2 Å². The number of hydrogen-bond acceptors (Lipinski definition) is 4. The third kappa shape index (κ3) is 3.74. The van der Waals surface area contributed by atoms with E-state index < -0.39 is 0 Å². The maximum atomic E-state index is 5.38. The molecule has 1 saturated heterocycles. The summed E-state index contributed by atoms with van der Waals surface area (Å²) in [6, 6.07) is 0. The van der Waals surface area contributed by atoms with Crippen LogP contribution in [0.3, 0.4) is 0 Å². The van der Waals surface area contributed by atoms with Gasteiger partial charge < -0.3 is 10.1 Å². The highest BCUT2D eigenvalue weighted by molar-refractivity contribution is 5.78. The van der Waals surface area contributed by atoms with E-state index in [1.165, 1.54) is 0 Å². The molecule has 1 aliphatic heterocycles. The van der Waals surface area contributed by atoms with Crippen LogP contribution in [0, 0.1) is 0 Å². The van der Waals surface area contributed by atoms with Gasteiger partial charge in [0.25, 0.3) is 0 Å². The molecule has 0 bridgehead atoms. The van der Waals surface area contributed by atoms with E-state index in [1.54, 1.807) is 7.05 Å². The summed E-state index contributed by atoms with van der Waals surface area (Å²) in [4.78, 5) is 6.46. The number of nitrogens with zero attached hydrogens (tertiary/aromatic N) is 2. The van der Waals surface area contributed by atoms with Crippen LogP contribution in [0.2, 0.25) is 0 Å². The van der Waals surface area contributed by atoms with Gasteiger partial charge in [0, 0.05) is 33.2 Å². The minimum absolute atomic E-state index is 0.707. The number of hydrogen-bond donors (Lipinski definition) is 1. The lowest BCUT2D eigenvalue weighted by atomic mass is 10.3. The van der Waals surface area contributed by atoms with E-state index in [2.05, 4.69) is 15.2 Å². The molecule has 0 aromatic rings. The molecule has 1 N–H and O–H groups in total. The fourth-order valence-corrected chi connectivity index (χ4v) is 1.41. The van der Waals surface area contributed by atoms with Crippen molar-refractivity contribution >= 4 is 5.90 Å². The first-order valence-electron chi connectivity index (χ1n) is 4.88. The summed E-state index contributed by atoms with van der Waals surface area (Å²) in [5.41, 5.74) is 0. The second-order valence-electron chi connectivity index (χ2n) is 3.08. The van der Waals surface area contributed by atoms with Crippen LogP contribution in [0.25, 0.3) is 0 Å². The molecular formula is C9H19N3O. The summed E-state index contributed by atoms with van der Waals surface area (Å²) in [6.45, 7) is 7.87. The van der Waals surface area contributed by atoms with E-state index in [9.17, 15) is 0 Å². The number of ether oxygens (including phenoxy) is 1. The predicted octanol–water partition coefficient (Wildman–Crippen LogP) is -0.0436. The number of nitrogens with one attached hydrogen (secondary N) is 1. The van der Waals surface area contributed by atoms with E-state index in [-0.39, 0.29) is 0 Å². The summed E-state index contributed by atoms with van der Waals surface area (Å²) in [5, 5.41) is 3.32. The van der Waals surface area contributed by atoms with Gasteiger partial charge in [-0.3, -0.25) is 9.89 Å². The van der Waals surface area contributed by atoms with E-state index in [4.69, 9.17) is 4.74 Å². The van der Waals surface area contributed by atoms with Gasteiger partial charge in [-0.25, -0.2) is 0 Å².